The number of likely N-dealkylation sites (tertiary alicyclic amines) is 1. The number of hydrogen-bond acceptors (Lipinski definition) is 3. The Morgan fingerprint density at radius 2 is 1.84 bits per heavy atom. The Labute approximate surface area is 146 Å². The molecule has 1 aromatic carbocycles. The van der Waals surface area contributed by atoms with Crippen LogP contribution in [-0.4, -0.2) is 35.7 Å². The summed E-state index contributed by atoms with van der Waals surface area (Å²) in [6.07, 6.45) is -1.90. The second-order valence-corrected chi connectivity index (χ2v) is 7.28. The summed E-state index contributed by atoms with van der Waals surface area (Å²) < 4.78 is 43.2. The first-order chi connectivity index (χ1) is 11.6. The first-order valence-electron chi connectivity index (χ1n) is 8.47. The van der Waals surface area contributed by atoms with E-state index in [1.54, 1.807) is 4.90 Å². The molecule has 140 valence electrons. The summed E-state index contributed by atoms with van der Waals surface area (Å²) >= 11 is 0. The quantitative estimate of drug-likeness (QED) is 0.835. The van der Waals surface area contributed by atoms with Gasteiger partial charge in [0.1, 0.15) is 5.60 Å². The molecule has 0 aromatic heterocycles. The fourth-order valence-corrected chi connectivity index (χ4v) is 2.79. The van der Waals surface area contributed by atoms with E-state index in [0.717, 1.165) is 31.4 Å². The molecule has 1 aliphatic rings. The Morgan fingerprint density at radius 1 is 1.20 bits per heavy atom. The van der Waals surface area contributed by atoms with Crippen LogP contribution in [-0.2, 0) is 10.9 Å². The van der Waals surface area contributed by atoms with Crippen molar-refractivity contribution >= 4 is 11.8 Å². The topological polar surface area (TPSA) is 41.6 Å². The van der Waals surface area contributed by atoms with Gasteiger partial charge in [0.2, 0.25) is 0 Å². The van der Waals surface area contributed by atoms with Crippen LogP contribution in [0.25, 0.3) is 0 Å². The third-order valence-corrected chi connectivity index (χ3v) is 4.01. The van der Waals surface area contributed by atoms with Crippen LogP contribution in [0, 0.1) is 0 Å². The van der Waals surface area contributed by atoms with Crippen LogP contribution in [0.3, 0.4) is 0 Å². The van der Waals surface area contributed by atoms with Gasteiger partial charge in [-0.25, -0.2) is 4.79 Å². The van der Waals surface area contributed by atoms with E-state index >= 15 is 0 Å². The number of hydrogen-bond donors (Lipinski definition) is 1. The fourth-order valence-electron chi connectivity index (χ4n) is 2.79. The average Bonchev–Trinajstić information content (AvgIpc) is 2.51. The monoisotopic (exact) mass is 358 g/mol. The van der Waals surface area contributed by atoms with E-state index in [-0.39, 0.29) is 12.1 Å². The molecule has 0 unspecified atom stereocenters. The highest BCUT2D eigenvalue weighted by Crippen LogP contribution is 2.30. The van der Waals surface area contributed by atoms with Crippen LogP contribution in [0.2, 0.25) is 0 Å². The van der Waals surface area contributed by atoms with Crippen molar-refractivity contribution in [1.82, 2.24) is 4.90 Å². The lowest BCUT2D eigenvalue weighted by Gasteiger charge is -2.37. The number of carbonyl (C=O) groups excluding carboxylic acids is 1. The minimum absolute atomic E-state index is 0.0362. The molecule has 1 atom stereocenters. The standard InChI is InChI=1S/C18H25F3N2O2/c1-17(2,3)25-16(24)23-11-5-4-6-15(23)12-22-14-9-7-13(8-10-14)18(19,20)21/h7-10,15,22H,4-6,11-12H2,1-3H3/t15-/m1/s1. The Morgan fingerprint density at radius 3 is 2.40 bits per heavy atom. The third kappa shape index (κ3) is 5.83. The molecule has 1 saturated heterocycles. The highest BCUT2D eigenvalue weighted by Gasteiger charge is 2.31. The number of halogens is 3. The van der Waals surface area contributed by atoms with Crippen molar-refractivity contribution in [3.8, 4) is 0 Å². The number of benzene rings is 1. The highest BCUT2D eigenvalue weighted by atomic mass is 19.4. The summed E-state index contributed by atoms with van der Waals surface area (Å²) in [4.78, 5) is 14.1. The normalized spacial score (nSPS) is 18.8. The molecule has 1 heterocycles. The Bertz CT molecular complexity index is 579. The second-order valence-electron chi connectivity index (χ2n) is 7.28. The van der Waals surface area contributed by atoms with E-state index in [0.29, 0.717) is 18.8 Å². The van der Waals surface area contributed by atoms with Crippen molar-refractivity contribution in [1.29, 1.82) is 0 Å². The Balaban J connectivity index is 1.96. The minimum atomic E-state index is -4.34. The van der Waals surface area contributed by atoms with E-state index in [2.05, 4.69) is 5.32 Å². The molecule has 0 radical (unpaired) electrons. The molecule has 0 saturated carbocycles. The van der Waals surface area contributed by atoms with Gasteiger partial charge in [0.15, 0.2) is 0 Å². The molecule has 7 heteroatoms. The maximum atomic E-state index is 12.6. The highest BCUT2D eigenvalue weighted by molar-refractivity contribution is 5.68. The molecule has 1 aromatic rings. The van der Waals surface area contributed by atoms with E-state index in [4.69, 9.17) is 4.74 Å². The van der Waals surface area contributed by atoms with Gasteiger partial charge in [-0.05, 0) is 64.3 Å². The van der Waals surface area contributed by atoms with Crippen molar-refractivity contribution in [2.24, 2.45) is 0 Å². The number of piperidine rings is 1. The van der Waals surface area contributed by atoms with Gasteiger partial charge in [0.25, 0.3) is 0 Å². The summed E-state index contributed by atoms with van der Waals surface area (Å²) in [5, 5.41) is 3.12. The number of nitrogens with zero attached hydrogens (tertiary/aromatic N) is 1. The van der Waals surface area contributed by atoms with Crippen molar-refractivity contribution in [2.45, 2.75) is 57.9 Å². The van der Waals surface area contributed by atoms with Crippen LogP contribution in [0.4, 0.5) is 23.7 Å². The number of alkyl halides is 3. The minimum Gasteiger partial charge on any atom is -0.444 e. The fraction of sp³-hybridized carbons (Fsp3) is 0.611. The molecule has 0 bridgehead atoms. The number of nitrogens with one attached hydrogen (secondary N) is 1. The van der Waals surface area contributed by atoms with Gasteiger partial charge in [-0.2, -0.15) is 13.2 Å². The van der Waals surface area contributed by atoms with Crippen LogP contribution < -0.4 is 5.32 Å². The van der Waals surface area contributed by atoms with Crippen LogP contribution in [0.5, 0.6) is 0 Å². The molecular formula is C18H25F3N2O2. The summed E-state index contributed by atoms with van der Waals surface area (Å²) in [5.74, 6) is 0. The number of rotatable bonds is 3. The van der Waals surface area contributed by atoms with Gasteiger partial charge in [-0.1, -0.05) is 0 Å². The third-order valence-electron chi connectivity index (χ3n) is 4.01. The van der Waals surface area contributed by atoms with Gasteiger partial charge in [0.05, 0.1) is 11.6 Å². The Kier molecular flexibility index (Phi) is 5.85. The number of carbonyl (C=O) groups is 1. The number of amides is 1. The number of anilines is 1. The van der Waals surface area contributed by atoms with Gasteiger partial charge in [-0.15, -0.1) is 0 Å². The lowest BCUT2D eigenvalue weighted by molar-refractivity contribution is -0.137. The number of ether oxygens (including phenoxy) is 1. The molecule has 0 spiro atoms. The summed E-state index contributed by atoms with van der Waals surface area (Å²) in [7, 11) is 0. The summed E-state index contributed by atoms with van der Waals surface area (Å²) in [5.41, 5.74) is -0.631. The van der Waals surface area contributed by atoms with Gasteiger partial charge < -0.3 is 15.0 Å². The lowest BCUT2D eigenvalue weighted by atomic mass is 10.0. The molecule has 1 amide bonds. The first-order valence-corrected chi connectivity index (χ1v) is 8.47. The lowest BCUT2D eigenvalue weighted by Crippen LogP contribution is -2.48. The molecule has 0 aliphatic carbocycles. The largest absolute Gasteiger partial charge is 0.444 e. The van der Waals surface area contributed by atoms with Crippen LogP contribution >= 0.6 is 0 Å². The van der Waals surface area contributed by atoms with Gasteiger partial charge in [0, 0.05) is 18.8 Å². The Hall–Kier alpha value is -1.92. The predicted molar refractivity (Wildman–Crippen MR) is 90.5 cm³/mol. The molecule has 1 aliphatic heterocycles. The molecule has 2 rings (SSSR count). The van der Waals surface area contributed by atoms with Crippen LogP contribution in [0.15, 0.2) is 24.3 Å². The molecule has 4 nitrogen and oxygen atoms in total. The second kappa shape index (κ2) is 7.54. The van der Waals surface area contributed by atoms with Gasteiger partial charge in [-0.3, -0.25) is 0 Å². The molecule has 1 fully saturated rings. The zero-order chi connectivity index (χ0) is 18.7. The molecular weight excluding hydrogens is 333 g/mol. The van der Waals surface area contributed by atoms with E-state index < -0.39 is 17.3 Å². The van der Waals surface area contributed by atoms with E-state index in [1.807, 2.05) is 20.8 Å². The summed E-state index contributed by atoms with van der Waals surface area (Å²) in [6.45, 7) is 6.58. The van der Waals surface area contributed by atoms with Crippen molar-refractivity contribution < 1.29 is 22.7 Å². The van der Waals surface area contributed by atoms with Crippen molar-refractivity contribution in [2.75, 3.05) is 18.4 Å². The van der Waals surface area contributed by atoms with Crippen molar-refractivity contribution in [3.05, 3.63) is 29.8 Å². The smallest absolute Gasteiger partial charge is 0.416 e. The van der Waals surface area contributed by atoms with E-state index in [9.17, 15) is 18.0 Å². The SMILES string of the molecule is CC(C)(C)OC(=O)N1CCCC[C@@H]1CNc1ccc(C(F)(F)F)cc1. The zero-order valence-electron chi connectivity index (χ0n) is 14.8. The predicted octanol–water partition coefficient (Wildman–Crippen LogP) is 4.91. The van der Waals surface area contributed by atoms with Gasteiger partial charge >= 0.3 is 12.3 Å². The van der Waals surface area contributed by atoms with Crippen molar-refractivity contribution in [3.63, 3.8) is 0 Å². The van der Waals surface area contributed by atoms with E-state index in [1.165, 1.54) is 12.1 Å². The average molecular weight is 358 g/mol. The molecule has 1 N–H and O–H groups in total. The van der Waals surface area contributed by atoms with Crippen LogP contribution in [0.1, 0.15) is 45.6 Å². The summed E-state index contributed by atoms with van der Waals surface area (Å²) in [6, 6.07) is 4.88. The maximum absolute atomic E-state index is 12.6. The first kappa shape index (κ1) is 19.4. The zero-order valence-corrected chi connectivity index (χ0v) is 14.8. The molecule has 25 heavy (non-hydrogen) atoms. The maximum Gasteiger partial charge on any atom is 0.416 e.